The zero-order chi connectivity index (χ0) is 23.2. The van der Waals surface area contributed by atoms with Gasteiger partial charge in [-0.3, -0.25) is 4.98 Å². The lowest BCUT2D eigenvalue weighted by Gasteiger charge is -2.36. The number of rotatable bonds is 8. The molecule has 4 rings (SSSR count). The Morgan fingerprint density at radius 1 is 1.06 bits per heavy atom. The highest BCUT2D eigenvalue weighted by Gasteiger charge is 2.32. The van der Waals surface area contributed by atoms with Gasteiger partial charge in [0.2, 0.25) is 0 Å². The first-order valence-corrected chi connectivity index (χ1v) is 11.0. The van der Waals surface area contributed by atoms with Crippen LogP contribution < -0.4 is 9.64 Å². The molecule has 0 atom stereocenters. The fraction of sp³-hybridized carbons (Fsp3) is 0.250. The van der Waals surface area contributed by atoms with Crippen LogP contribution in [0.3, 0.4) is 0 Å². The highest BCUT2D eigenvalue weighted by Crippen LogP contribution is 2.41. The molecule has 0 amide bonds. The summed E-state index contributed by atoms with van der Waals surface area (Å²) in [6.07, 6.45) is 2.36. The minimum absolute atomic E-state index is 0.165. The number of benzene rings is 1. The Hall–Kier alpha value is -3.66. The van der Waals surface area contributed by atoms with Crippen LogP contribution in [0.4, 0.5) is 10.2 Å². The number of aromatic nitrogens is 2. The second kappa shape index (κ2) is 10.3. The van der Waals surface area contributed by atoms with Gasteiger partial charge in [0.05, 0.1) is 25.3 Å². The number of nitrogens with zero attached hydrogens (tertiary/aromatic N) is 5. The van der Waals surface area contributed by atoms with Crippen LogP contribution >= 0.6 is 11.8 Å². The quantitative estimate of drug-likeness (QED) is 0.460. The van der Waals surface area contributed by atoms with Crippen molar-refractivity contribution in [2.45, 2.75) is 16.1 Å². The lowest BCUT2D eigenvalue weighted by molar-refractivity contribution is 0.146. The molecule has 0 radical (unpaired) electrons. The lowest BCUT2D eigenvalue weighted by Crippen LogP contribution is -2.49. The zero-order valence-corrected chi connectivity index (χ0v) is 18.7. The zero-order valence-electron chi connectivity index (χ0n) is 17.9. The van der Waals surface area contributed by atoms with Gasteiger partial charge in [-0.15, -0.1) is 0 Å². The second-order valence-electron chi connectivity index (χ2n) is 7.24. The number of halogens is 1. The minimum Gasteiger partial charge on any atom is -0.491 e. The van der Waals surface area contributed by atoms with Crippen LogP contribution in [-0.4, -0.2) is 49.6 Å². The van der Waals surface area contributed by atoms with E-state index in [0.717, 1.165) is 4.90 Å². The fourth-order valence-corrected chi connectivity index (χ4v) is 4.29. The SMILES string of the molecule is COCCOc1ccc(-c2c(C#N)c(Sc3ccncc3)nc(N3CC(F)C3)c2C#N)cc1. The summed E-state index contributed by atoms with van der Waals surface area (Å²) in [6, 6.07) is 15.2. The molecule has 9 heteroatoms. The predicted molar refractivity (Wildman–Crippen MR) is 122 cm³/mol. The van der Waals surface area contributed by atoms with Crippen molar-refractivity contribution in [1.82, 2.24) is 9.97 Å². The van der Waals surface area contributed by atoms with E-state index in [2.05, 4.69) is 22.1 Å². The van der Waals surface area contributed by atoms with Gasteiger partial charge in [-0.2, -0.15) is 10.5 Å². The van der Waals surface area contributed by atoms with Gasteiger partial charge in [0.15, 0.2) is 0 Å². The molecule has 3 heterocycles. The molecule has 1 fully saturated rings. The van der Waals surface area contributed by atoms with E-state index in [9.17, 15) is 14.9 Å². The molecule has 1 saturated heterocycles. The minimum atomic E-state index is -0.961. The van der Waals surface area contributed by atoms with Crippen LogP contribution in [0.1, 0.15) is 11.1 Å². The van der Waals surface area contributed by atoms with Crippen molar-refractivity contribution in [2.24, 2.45) is 0 Å². The van der Waals surface area contributed by atoms with Crippen LogP contribution in [0.25, 0.3) is 11.1 Å². The van der Waals surface area contributed by atoms with E-state index >= 15 is 0 Å². The molecule has 0 spiro atoms. The summed E-state index contributed by atoms with van der Waals surface area (Å²) in [5.74, 6) is 1.04. The molecule has 0 N–H and O–H groups in total. The van der Waals surface area contributed by atoms with Crippen molar-refractivity contribution in [2.75, 3.05) is 38.3 Å². The number of alkyl halides is 1. The molecule has 166 valence electrons. The predicted octanol–water partition coefficient (Wildman–Crippen LogP) is 4.22. The van der Waals surface area contributed by atoms with Gasteiger partial charge in [-0.1, -0.05) is 23.9 Å². The summed E-state index contributed by atoms with van der Waals surface area (Å²) in [6.45, 7) is 1.21. The average molecular weight is 462 g/mol. The Bertz CT molecular complexity index is 1200. The van der Waals surface area contributed by atoms with Crippen LogP contribution in [0.5, 0.6) is 5.75 Å². The molecule has 1 aromatic carbocycles. The highest BCUT2D eigenvalue weighted by atomic mass is 32.2. The molecular formula is C24H20FN5O2S. The number of nitriles is 2. The Kier molecular flexibility index (Phi) is 7.04. The van der Waals surface area contributed by atoms with E-state index in [1.165, 1.54) is 11.8 Å². The maximum absolute atomic E-state index is 13.6. The van der Waals surface area contributed by atoms with Gasteiger partial charge >= 0.3 is 0 Å². The molecule has 0 aliphatic carbocycles. The molecule has 0 saturated carbocycles. The number of ether oxygens (including phenoxy) is 2. The standard InChI is InChI=1S/C24H20FN5O2S/c1-31-10-11-32-18-4-2-16(3-5-18)22-20(12-26)23(30-14-17(25)15-30)29-24(21(22)13-27)33-19-6-8-28-9-7-19/h2-9,17H,10-11,14-15H2,1H3. The smallest absolute Gasteiger partial charge is 0.148 e. The summed E-state index contributed by atoms with van der Waals surface area (Å²) < 4.78 is 24.3. The van der Waals surface area contributed by atoms with Crippen LogP contribution in [0.2, 0.25) is 0 Å². The average Bonchev–Trinajstić information content (AvgIpc) is 2.82. The molecule has 0 bridgehead atoms. The van der Waals surface area contributed by atoms with E-state index < -0.39 is 6.17 Å². The molecule has 0 unspecified atom stereocenters. The van der Waals surface area contributed by atoms with Crippen molar-refractivity contribution in [1.29, 1.82) is 10.5 Å². The first-order valence-electron chi connectivity index (χ1n) is 10.2. The molecule has 7 nitrogen and oxygen atoms in total. The molecule has 3 aromatic rings. The first-order chi connectivity index (χ1) is 16.1. The van der Waals surface area contributed by atoms with Gasteiger partial charge < -0.3 is 14.4 Å². The summed E-state index contributed by atoms with van der Waals surface area (Å²) in [4.78, 5) is 11.2. The monoisotopic (exact) mass is 461 g/mol. The number of hydrogen-bond acceptors (Lipinski definition) is 8. The Morgan fingerprint density at radius 2 is 1.76 bits per heavy atom. The lowest BCUT2D eigenvalue weighted by atomic mass is 9.95. The van der Waals surface area contributed by atoms with Crippen molar-refractivity contribution in [3.8, 4) is 29.0 Å². The number of pyridine rings is 2. The summed E-state index contributed by atoms with van der Waals surface area (Å²) in [5.41, 5.74) is 1.71. The molecule has 2 aromatic heterocycles. The normalized spacial score (nSPS) is 13.2. The first kappa shape index (κ1) is 22.5. The maximum atomic E-state index is 13.6. The Labute approximate surface area is 195 Å². The topological polar surface area (TPSA) is 95.1 Å². The van der Waals surface area contributed by atoms with Crippen LogP contribution in [0, 0.1) is 22.7 Å². The third-order valence-electron chi connectivity index (χ3n) is 5.07. The largest absolute Gasteiger partial charge is 0.491 e. The number of hydrogen-bond donors (Lipinski definition) is 0. The van der Waals surface area contributed by atoms with Crippen molar-refractivity contribution in [3.63, 3.8) is 0 Å². The summed E-state index contributed by atoms with van der Waals surface area (Å²) in [5, 5.41) is 20.5. The van der Waals surface area contributed by atoms with Gasteiger partial charge in [-0.05, 0) is 29.8 Å². The second-order valence-corrected chi connectivity index (χ2v) is 8.30. The van der Waals surface area contributed by atoms with E-state index in [-0.39, 0.29) is 18.7 Å². The maximum Gasteiger partial charge on any atom is 0.148 e. The number of methoxy groups -OCH3 is 1. The van der Waals surface area contributed by atoms with Gasteiger partial charge in [0.1, 0.15) is 47.1 Å². The van der Waals surface area contributed by atoms with Gasteiger partial charge in [0.25, 0.3) is 0 Å². The summed E-state index contributed by atoms with van der Waals surface area (Å²) in [7, 11) is 1.60. The van der Waals surface area contributed by atoms with Gasteiger partial charge in [0, 0.05) is 30.0 Å². The summed E-state index contributed by atoms with van der Waals surface area (Å²) >= 11 is 1.31. The van der Waals surface area contributed by atoms with E-state index in [1.807, 2.05) is 12.1 Å². The van der Waals surface area contributed by atoms with Crippen molar-refractivity contribution in [3.05, 3.63) is 59.9 Å². The van der Waals surface area contributed by atoms with Crippen LogP contribution in [-0.2, 0) is 4.74 Å². The molecule has 1 aliphatic rings. The highest BCUT2D eigenvalue weighted by molar-refractivity contribution is 7.99. The number of anilines is 1. The van der Waals surface area contributed by atoms with E-state index in [1.54, 1.807) is 48.7 Å². The fourth-order valence-electron chi connectivity index (χ4n) is 3.43. The van der Waals surface area contributed by atoms with E-state index in [4.69, 9.17) is 9.47 Å². The third-order valence-corrected chi connectivity index (χ3v) is 6.07. The molecular weight excluding hydrogens is 441 g/mol. The van der Waals surface area contributed by atoms with Crippen molar-refractivity contribution < 1.29 is 13.9 Å². The molecule has 1 aliphatic heterocycles. The Morgan fingerprint density at radius 3 is 2.36 bits per heavy atom. The van der Waals surface area contributed by atoms with Gasteiger partial charge in [-0.25, -0.2) is 9.37 Å². The molecule has 33 heavy (non-hydrogen) atoms. The van der Waals surface area contributed by atoms with E-state index in [0.29, 0.717) is 46.5 Å². The van der Waals surface area contributed by atoms with Crippen molar-refractivity contribution >= 4 is 17.6 Å². The third kappa shape index (κ3) is 4.90. The Balaban J connectivity index is 1.81. The van der Waals surface area contributed by atoms with Crippen LogP contribution in [0.15, 0.2) is 58.7 Å².